The summed E-state index contributed by atoms with van der Waals surface area (Å²) in [5.41, 5.74) is 0.941. The Morgan fingerprint density at radius 2 is 1.84 bits per heavy atom. The van der Waals surface area contributed by atoms with E-state index in [-0.39, 0.29) is 11.4 Å². The number of carbonyl (C=O) groups is 1. The minimum absolute atomic E-state index is 0.0418. The summed E-state index contributed by atoms with van der Waals surface area (Å²) in [6.45, 7) is 4.83. The molecule has 0 heterocycles. The largest absolute Gasteiger partial charge is 0.497 e. The zero-order valence-electron chi connectivity index (χ0n) is 12.5. The van der Waals surface area contributed by atoms with E-state index in [1.807, 2.05) is 38.4 Å². The van der Waals surface area contributed by atoms with Crippen LogP contribution in [0.1, 0.15) is 19.4 Å². The maximum atomic E-state index is 11.9. The van der Waals surface area contributed by atoms with Crippen molar-refractivity contribution in [2.45, 2.75) is 25.8 Å². The molecular weight excluding hydrogens is 240 g/mol. The van der Waals surface area contributed by atoms with Crippen LogP contribution in [0.5, 0.6) is 5.75 Å². The summed E-state index contributed by atoms with van der Waals surface area (Å²) in [5.74, 6) is 0.845. The fourth-order valence-corrected chi connectivity index (χ4v) is 1.46. The van der Waals surface area contributed by atoms with Gasteiger partial charge in [-0.25, -0.2) is 0 Å². The van der Waals surface area contributed by atoms with Crippen molar-refractivity contribution >= 4 is 5.91 Å². The van der Waals surface area contributed by atoms with Gasteiger partial charge in [-0.3, -0.25) is 4.79 Å². The normalized spacial score (nSPS) is 11.5. The lowest BCUT2D eigenvalue weighted by Gasteiger charge is -2.32. The number of benzene rings is 1. The molecule has 0 spiro atoms. The lowest BCUT2D eigenvalue weighted by Crippen LogP contribution is -2.48. The monoisotopic (exact) mass is 264 g/mol. The first kappa shape index (κ1) is 15.5. The maximum absolute atomic E-state index is 11.9. The Kier molecular flexibility index (Phi) is 5.36. The van der Waals surface area contributed by atoms with Crippen molar-refractivity contribution in [3.05, 3.63) is 29.8 Å². The first-order valence-corrected chi connectivity index (χ1v) is 6.42. The second-order valence-electron chi connectivity index (χ2n) is 5.51. The number of carbonyl (C=O) groups excluding carboxylic acids is 1. The predicted octanol–water partition coefficient (Wildman–Crippen LogP) is 1.69. The predicted molar refractivity (Wildman–Crippen MR) is 77.5 cm³/mol. The topological polar surface area (TPSA) is 41.6 Å². The third kappa shape index (κ3) is 4.91. The van der Waals surface area contributed by atoms with E-state index in [4.69, 9.17) is 4.74 Å². The quantitative estimate of drug-likeness (QED) is 0.850. The van der Waals surface area contributed by atoms with Gasteiger partial charge in [0.2, 0.25) is 5.91 Å². The Morgan fingerprint density at radius 1 is 1.26 bits per heavy atom. The molecular formula is C15H24N2O2. The van der Waals surface area contributed by atoms with Crippen LogP contribution >= 0.6 is 0 Å². The highest BCUT2D eigenvalue weighted by Gasteiger charge is 2.20. The molecule has 0 aliphatic heterocycles. The Labute approximate surface area is 115 Å². The lowest BCUT2D eigenvalue weighted by atomic mass is 10.0. The molecule has 1 aromatic carbocycles. The molecule has 106 valence electrons. The van der Waals surface area contributed by atoms with Crippen LogP contribution in [-0.2, 0) is 11.2 Å². The van der Waals surface area contributed by atoms with Crippen LogP contribution in [0, 0.1) is 0 Å². The van der Waals surface area contributed by atoms with E-state index >= 15 is 0 Å². The number of amides is 1. The number of ether oxygens (including phenoxy) is 1. The van der Waals surface area contributed by atoms with E-state index in [2.05, 4.69) is 24.1 Å². The molecule has 19 heavy (non-hydrogen) atoms. The number of likely N-dealkylation sites (N-methyl/N-ethyl adjacent to an activating group) is 1. The molecule has 0 radical (unpaired) electrons. The molecule has 0 aliphatic carbocycles. The van der Waals surface area contributed by atoms with E-state index in [1.165, 1.54) is 0 Å². The highest BCUT2D eigenvalue weighted by molar-refractivity contribution is 5.78. The van der Waals surface area contributed by atoms with Gasteiger partial charge in [-0.15, -0.1) is 0 Å². The number of hydrogen-bond donors (Lipinski definition) is 1. The number of methoxy groups -OCH3 is 1. The summed E-state index contributed by atoms with van der Waals surface area (Å²) in [6, 6.07) is 7.56. The van der Waals surface area contributed by atoms with Crippen LogP contribution in [0.3, 0.4) is 0 Å². The highest BCUT2D eigenvalue weighted by atomic mass is 16.5. The molecule has 0 unspecified atom stereocenters. The van der Waals surface area contributed by atoms with Crippen LogP contribution in [0.2, 0.25) is 0 Å². The van der Waals surface area contributed by atoms with Gasteiger partial charge in [0.1, 0.15) is 5.75 Å². The van der Waals surface area contributed by atoms with Gasteiger partial charge in [0.25, 0.3) is 0 Å². The van der Waals surface area contributed by atoms with Crippen LogP contribution in [0.4, 0.5) is 0 Å². The molecule has 1 aromatic rings. The van der Waals surface area contributed by atoms with Crippen LogP contribution in [0.25, 0.3) is 0 Å². The smallest absolute Gasteiger partial charge is 0.224 e. The van der Waals surface area contributed by atoms with Gasteiger partial charge in [0.15, 0.2) is 0 Å². The molecule has 4 nitrogen and oxygen atoms in total. The van der Waals surface area contributed by atoms with Gasteiger partial charge in [0, 0.05) is 12.1 Å². The summed E-state index contributed by atoms with van der Waals surface area (Å²) < 4.78 is 5.09. The molecule has 0 saturated carbocycles. The summed E-state index contributed by atoms with van der Waals surface area (Å²) >= 11 is 0. The van der Waals surface area contributed by atoms with E-state index in [9.17, 15) is 4.79 Å². The second kappa shape index (κ2) is 6.57. The first-order valence-electron chi connectivity index (χ1n) is 6.42. The molecule has 0 aliphatic rings. The molecule has 0 aromatic heterocycles. The van der Waals surface area contributed by atoms with Crippen molar-refractivity contribution in [2.75, 3.05) is 27.7 Å². The number of hydrogen-bond acceptors (Lipinski definition) is 3. The third-order valence-electron chi connectivity index (χ3n) is 3.45. The molecule has 1 N–H and O–H groups in total. The van der Waals surface area contributed by atoms with Gasteiger partial charge in [-0.1, -0.05) is 12.1 Å². The molecule has 0 atom stereocenters. The van der Waals surface area contributed by atoms with Crippen molar-refractivity contribution < 1.29 is 9.53 Å². The van der Waals surface area contributed by atoms with Gasteiger partial charge >= 0.3 is 0 Å². The fraction of sp³-hybridized carbons (Fsp3) is 0.533. The summed E-state index contributed by atoms with van der Waals surface area (Å²) in [5, 5.41) is 2.97. The summed E-state index contributed by atoms with van der Waals surface area (Å²) in [7, 11) is 5.65. The van der Waals surface area contributed by atoms with Gasteiger partial charge < -0.3 is 15.0 Å². The average molecular weight is 264 g/mol. The van der Waals surface area contributed by atoms with Crippen molar-refractivity contribution in [3.8, 4) is 5.75 Å². The third-order valence-corrected chi connectivity index (χ3v) is 3.45. The first-order chi connectivity index (χ1) is 8.85. The number of nitrogens with one attached hydrogen (secondary N) is 1. The SMILES string of the molecule is COc1ccc(CC(=O)NCC(C)(C)N(C)C)cc1. The Balaban J connectivity index is 2.47. The van der Waals surface area contributed by atoms with Crippen molar-refractivity contribution in [1.29, 1.82) is 0 Å². The Morgan fingerprint density at radius 3 is 2.32 bits per heavy atom. The average Bonchev–Trinajstić information content (AvgIpc) is 2.37. The van der Waals surface area contributed by atoms with Crippen LogP contribution in [-0.4, -0.2) is 44.1 Å². The van der Waals surface area contributed by atoms with Gasteiger partial charge in [-0.2, -0.15) is 0 Å². The minimum atomic E-state index is -0.0461. The Hall–Kier alpha value is -1.55. The lowest BCUT2D eigenvalue weighted by molar-refractivity contribution is -0.120. The van der Waals surface area contributed by atoms with E-state index < -0.39 is 0 Å². The minimum Gasteiger partial charge on any atom is -0.497 e. The summed E-state index contributed by atoms with van der Waals surface area (Å²) in [4.78, 5) is 14.0. The molecule has 4 heteroatoms. The van der Waals surface area contributed by atoms with Crippen LogP contribution < -0.4 is 10.1 Å². The number of rotatable bonds is 6. The maximum Gasteiger partial charge on any atom is 0.224 e. The van der Waals surface area contributed by atoms with Crippen molar-refractivity contribution in [2.24, 2.45) is 0 Å². The molecule has 1 amide bonds. The van der Waals surface area contributed by atoms with E-state index in [1.54, 1.807) is 7.11 Å². The van der Waals surface area contributed by atoms with Crippen molar-refractivity contribution in [1.82, 2.24) is 10.2 Å². The zero-order chi connectivity index (χ0) is 14.5. The van der Waals surface area contributed by atoms with E-state index in [0.717, 1.165) is 11.3 Å². The number of nitrogens with zero attached hydrogens (tertiary/aromatic N) is 1. The zero-order valence-corrected chi connectivity index (χ0v) is 12.5. The summed E-state index contributed by atoms with van der Waals surface area (Å²) in [6.07, 6.45) is 0.396. The highest BCUT2D eigenvalue weighted by Crippen LogP contribution is 2.12. The van der Waals surface area contributed by atoms with E-state index in [0.29, 0.717) is 13.0 Å². The van der Waals surface area contributed by atoms with Crippen molar-refractivity contribution in [3.63, 3.8) is 0 Å². The molecule has 1 rings (SSSR count). The molecule has 0 saturated heterocycles. The fourth-order valence-electron chi connectivity index (χ4n) is 1.46. The molecule has 0 bridgehead atoms. The van der Waals surface area contributed by atoms with Crippen LogP contribution in [0.15, 0.2) is 24.3 Å². The standard InChI is InChI=1S/C15H24N2O2/c1-15(2,17(3)4)11-16-14(18)10-12-6-8-13(19-5)9-7-12/h6-9H,10-11H2,1-5H3,(H,16,18). The molecule has 0 fully saturated rings. The van der Waals surface area contributed by atoms with Gasteiger partial charge in [-0.05, 0) is 45.6 Å². The Bertz CT molecular complexity index is 411. The second-order valence-corrected chi connectivity index (χ2v) is 5.51. The van der Waals surface area contributed by atoms with Gasteiger partial charge in [0.05, 0.1) is 13.5 Å².